The first-order chi connectivity index (χ1) is 7.02. The van der Waals surface area contributed by atoms with E-state index in [4.69, 9.17) is 17.3 Å². The zero-order chi connectivity index (χ0) is 11.4. The van der Waals surface area contributed by atoms with Gasteiger partial charge in [-0.05, 0) is 12.1 Å². The third kappa shape index (κ3) is 2.92. The fraction of sp³-hybridized carbons (Fsp3) is 0.111. The van der Waals surface area contributed by atoms with Crippen LogP contribution in [-0.2, 0) is 4.79 Å². The standard InChI is InChI=1S/C9H8ClFN2O2/c10-6-3-1-2-5(8(6)11)9(15)13-4-7(12)14/h1-3H,4H2,(H2,12,14)(H,13,15). The van der Waals surface area contributed by atoms with E-state index in [-0.39, 0.29) is 17.1 Å². The van der Waals surface area contributed by atoms with Crippen LogP contribution >= 0.6 is 11.6 Å². The second-order valence-corrected chi connectivity index (χ2v) is 3.16. The Balaban J connectivity index is 2.82. The Morgan fingerprint density at radius 1 is 1.47 bits per heavy atom. The van der Waals surface area contributed by atoms with Gasteiger partial charge in [-0.1, -0.05) is 17.7 Å². The lowest BCUT2D eigenvalue weighted by Gasteiger charge is -2.04. The normalized spacial score (nSPS) is 9.73. The predicted octanol–water partition coefficient (Wildman–Crippen LogP) is 0.694. The summed E-state index contributed by atoms with van der Waals surface area (Å²) >= 11 is 5.47. The number of halogens is 2. The van der Waals surface area contributed by atoms with Crippen molar-refractivity contribution in [2.24, 2.45) is 5.73 Å². The number of rotatable bonds is 3. The Morgan fingerprint density at radius 2 is 2.13 bits per heavy atom. The van der Waals surface area contributed by atoms with Crippen LogP contribution in [0.1, 0.15) is 10.4 Å². The highest BCUT2D eigenvalue weighted by molar-refractivity contribution is 6.31. The lowest BCUT2D eigenvalue weighted by Crippen LogP contribution is -2.33. The molecule has 0 aromatic heterocycles. The van der Waals surface area contributed by atoms with Crippen molar-refractivity contribution in [2.75, 3.05) is 6.54 Å². The molecule has 4 nitrogen and oxygen atoms in total. The van der Waals surface area contributed by atoms with Gasteiger partial charge in [0.1, 0.15) is 0 Å². The van der Waals surface area contributed by atoms with Crippen LogP contribution in [0.3, 0.4) is 0 Å². The Hall–Kier alpha value is -1.62. The summed E-state index contributed by atoms with van der Waals surface area (Å²) < 4.78 is 13.3. The van der Waals surface area contributed by atoms with Crippen LogP contribution in [0.25, 0.3) is 0 Å². The molecule has 6 heteroatoms. The van der Waals surface area contributed by atoms with Gasteiger partial charge < -0.3 is 11.1 Å². The van der Waals surface area contributed by atoms with Gasteiger partial charge in [0.05, 0.1) is 17.1 Å². The molecule has 0 fully saturated rings. The highest BCUT2D eigenvalue weighted by atomic mass is 35.5. The number of amides is 2. The molecule has 0 aliphatic rings. The number of hydrogen-bond acceptors (Lipinski definition) is 2. The van der Waals surface area contributed by atoms with Crippen molar-refractivity contribution in [2.45, 2.75) is 0 Å². The topological polar surface area (TPSA) is 72.2 Å². The Kier molecular flexibility index (Phi) is 3.62. The van der Waals surface area contributed by atoms with Gasteiger partial charge in [0.2, 0.25) is 5.91 Å². The van der Waals surface area contributed by atoms with E-state index >= 15 is 0 Å². The molecule has 15 heavy (non-hydrogen) atoms. The summed E-state index contributed by atoms with van der Waals surface area (Å²) in [7, 11) is 0. The van der Waals surface area contributed by atoms with Crippen molar-refractivity contribution in [1.29, 1.82) is 0 Å². The third-order valence-electron chi connectivity index (χ3n) is 1.62. The van der Waals surface area contributed by atoms with E-state index in [1.165, 1.54) is 18.2 Å². The van der Waals surface area contributed by atoms with Gasteiger partial charge in [-0.2, -0.15) is 0 Å². The summed E-state index contributed by atoms with van der Waals surface area (Å²) in [5.74, 6) is -2.25. The third-order valence-corrected chi connectivity index (χ3v) is 1.91. The minimum Gasteiger partial charge on any atom is -0.368 e. The molecule has 0 saturated carbocycles. The van der Waals surface area contributed by atoms with Crippen molar-refractivity contribution >= 4 is 23.4 Å². The highest BCUT2D eigenvalue weighted by Gasteiger charge is 2.13. The van der Waals surface area contributed by atoms with Crippen LogP contribution in [0.4, 0.5) is 4.39 Å². The van der Waals surface area contributed by atoms with Gasteiger partial charge in [-0.3, -0.25) is 9.59 Å². The smallest absolute Gasteiger partial charge is 0.254 e. The number of carbonyl (C=O) groups excluding carboxylic acids is 2. The molecule has 1 aromatic carbocycles. The summed E-state index contributed by atoms with van der Waals surface area (Å²) in [6.45, 7) is -0.342. The summed E-state index contributed by atoms with van der Waals surface area (Å²) in [6.07, 6.45) is 0. The molecule has 0 saturated heterocycles. The van der Waals surface area contributed by atoms with Crippen molar-refractivity contribution in [3.63, 3.8) is 0 Å². The zero-order valence-electron chi connectivity index (χ0n) is 7.59. The van der Waals surface area contributed by atoms with E-state index in [2.05, 4.69) is 5.32 Å². The van der Waals surface area contributed by atoms with Crippen molar-refractivity contribution in [1.82, 2.24) is 5.32 Å². The molecule has 1 aromatic rings. The van der Waals surface area contributed by atoms with Crippen LogP contribution in [0.2, 0.25) is 5.02 Å². The van der Waals surface area contributed by atoms with Gasteiger partial charge in [0, 0.05) is 0 Å². The molecular formula is C9H8ClFN2O2. The molecule has 0 radical (unpaired) electrons. The number of hydrogen-bond donors (Lipinski definition) is 2. The maximum Gasteiger partial charge on any atom is 0.254 e. The molecule has 0 heterocycles. The molecule has 3 N–H and O–H groups in total. The average Bonchev–Trinajstić information content (AvgIpc) is 2.18. The number of carbonyl (C=O) groups is 2. The summed E-state index contributed by atoms with van der Waals surface area (Å²) in [5, 5.41) is 2.00. The van der Waals surface area contributed by atoms with Crippen molar-refractivity contribution in [3.8, 4) is 0 Å². The fourth-order valence-electron chi connectivity index (χ4n) is 0.942. The molecule has 2 amide bonds. The summed E-state index contributed by atoms with van der Waals surface area (Å²) in [5.41, 5.74) is 4.59. The van der Waals surface area contributed by atoms with Gasteiger partial charge in [0.15, 0.2) is 5.82 Å². The first-order valence-corrected chi connectivity index (χ1v) is 4.40. The molecule has 0 spiro atoms. The first-order valence-electron chi connectivity index (χ1n) is 4.03. The van der Waals surface area contributed by atoms with Crippen LogP contribution in [0.5, 0.6) is 0 Å². The van der Waals surface area contributed by atoms with Gasteiger partial charge in [-0.15, -0.1) is 0 Å². The van der Waals surface area contributed by atoms with Crippen LogP contribution in [-0.4, -0.2) is 18.4 Å². The van der Waals surface area contributed by atoms with E-state index in [1.54, 1.807) is 0 Å². The monoisotopic (exact) mass is 230 g/mol. The Labute approximate surface area is 90.2 Å². The molecular weight excluding hydrogens is 223 g/mol. The Bertz CT molecular complexity index is 409. The summed E-state index contributed by atoms with van der Waals surface area (Å²) in [4.78, 5) is 21.7. The first kappa shape index (κ1) is 11.5. The molecule has 0 aliphatic carbocycles. The summed E-state index contributed by atoms with van der Waals surface area (Å²) in [6, 6.07) is 4.02. The zero-order valence-corrected chi connectivity index (χ0v) is 8.34. The minimum atomic E-state index is -0.818. The highest BCUT2D eigenvalue weighted by Crippen LogP contribution is 2.17. The number of nitrogens with two attached hydrogens (primary N) is 1. The van der Waals surface area contributed by atoms with Gasteiger partial charge in [-0.25, -0.2) is 4.39 Å². The van der Waals surface area contributed by atoms with E-state index in [1.807, 2.05) is 0 Å². The van der Waals surface area contributed by atoms with Crippen LogP contribution in [0.15, 0.2) is 18.2 Å². The lowest BCUT2D eigenvalue weighted by atomic mass is 10.2. The Morgan fingerprint density at radius 3 is 2.73 bits per heavy atom. The lowest BCUT2D eigenvalue weighted by molar-refractivity contribution is -0.117. The van der Waals surface area contributed by atoms with E-state index in [0.29, 0.717) is 0 Å². The van der Waals surface area contributed by atoms with Gasteiger partial charge >= 0.3 is 0 Å². The fourth-order valence-corrected chi connectivity index (χ4v) is 1.12. The maximum absolute atomic E-state index is 13.3. The quantitative estimate of drug-likeness (QED) is 0.802. The molecule has 80 valence electrons. The average molecular weight is 231 g/mol. The maximum atomic E-state index is 13.3. The van der Waals surface area contributed by atoms with E-state index in [9.17, 15) is 14.0 Å². The van der Waals surface area contributed by atoms with Crippen molar-refractivity contribution < 1.29 is 14.0 Å². The second kappa shape index (κ2) is 4.75. The molecule has 0 aliphatic heterocycles. The molecule has 0 unspecified atom stereocenters. The van der Waals surface area contributed by atoms with Crippen molar-refractivity contribution in [3.05, 3.63) is 34.6 Å². The minimum absolute atomic E-state index is 0.151. The van der Waals surface area contributed by atoms with Crippen LogP contribution in [0, 0.1) is 5.82 Å². The largest absolute Gasteiger partial charge is 0.368 e. The number of nitrogens with one attached hydrogen (secondary N) is 1. The number of primary amides is 1. The predicted molar refractivity (Wildman–Crippen MR) is 52.9 cm³/mol. The molecule has 0 atom stereocenters. The van der Waals surface area contributed by atoms with Gasteiger partial charge in [0.25, 0.3) is 5.91 Å². The second-order valence-electron chi connectivity index (χ2n) is 2.75. The van der Waals surface area contributed by atoms with E-state index in [0.717, 1.165) is 0 Å². The molecule has 1 rings (SSSR count). The SMILES string of the molecule is NC(=O)CNC(=O)c1cccc(Cl)c1F. The van der Waals surface area contributed by atoms with Crippen LogP contribution < -0.4 is 11.1 Å². The van der Waals surface area contributed by atoms with E-state index < -0.39 is 17.6 Å². The number of benzene rings is 1. The molecule has 0 bridgehead atoms.